The number of esters is 2. The maximum absolute atomic E-state index is 12.5. The van der Waals surface area contributed by atoms with Gasteiger partial charge in [0.1, 0.15) is 18.2 Å². The molecule has 1 fully saturated rings. The Morgan fingerprint density at radius 3 is 1.97 bits per heavy atom. The largest absolute Gasteiger partial charge is 0.461 e. The highest BCUT2D eigenvalue weighted by atomic mass is 16.6. The second-order valence-corrected chi connectivity index (χ2v) is 10.1. The maximum Gasteiger partial charge on any atom is 0.323 e. The third-order valence-corrected chi connectivity index (χ3v) is 6.79. The Kier molecular flexibility index (Phi) is 15.7. The minimum atomic E-state index is -0.602. The van der Waals surface area contributed by atoms with Gasteiger partial charge >= 0.3 is 11.9 Å². The lowest BCUT2D eigenvalue weighted by Crippen LogP contribution is -2.48. The summed E-state index contributed by atoms with van der Waals surface area (Å²) in [6.07, 6.45) is 17.9. The predicted molar refractivity (Wildman–Crippen MR) is 131 cm³/mol. The van der Waals surface area contributed by atoms with Gasteiger partial charge in [-0.25, -0.2) is 0 Å². The molecule has 0 unspecified atom stereocenters. The Morgan fingerprint density at radius 2 is 1.44 bits per heavy atom. The lowest BCUT2D eigenvalue weighted by atomic mass is 9.86. The van der Waals surface area contributed by atoms with E-state index in [-0.39, 0.29) is 36.0 Å². The van der Waals surface area contributed by atoms with Crippen molar-refractivity contribution < 1.29 is 19.1 Å². The van der Waals surface area contributed by atoms with Crippen molar-refractivity contribution in [3.63, 3.8) is 0 Å². The van der Waals surface area contributed by atoms with Crippen molar-refractivity contribution in [2.45, 2.75) is 149 Å². The summed E-state index contributed by atoms with van der Waals surface area (Å²) in [4.78, 5) is 24.5. The van der Waals surface area contributed by atoms with E-state index in [0.717, 1.165) is 38.5 Å². The third-order valence-electron chi connectivity index (χ3n) is 6.79. The molecular formula is C27H51NO4. The molecule has 1 aliphatic rings. The first-order chi connectivity index (χ1) is 15.4. The van der Waals surface area contributed by atoms with Crippen molar-refractivity contribution in [2.24, 2.45) is 17.6 Å². The molecule has 4 atom stereocenters. The van der Waals surface area contributed by atoms with E-state index in [0.29, 0.717) is 6.42 Å². The van der Waals surface area contributed by atoms with E-state index < -0.39 is 6.04 Å². The molecule has 0 radical (unpaired) electrons. The fraction of sp³-hybridized carbons (Fsp3) is 0.926. The van der Waals surface area contributed by atoms with E-state index in [2.05, 4.69) is 13.8 Å². The van der Waals surface area contributed by atoms with Gasteiger partial charge in [-0.1, -0.05) is 105 Å². The highest BCUT2D eigenvalue weighted by Crippen LogP contribution is 2.32. The molecule has 0 spiro atoms. The van der Waals surface area contributed by atoms with Crippen LogP contribution in [0.2, 0.25) is 0 Å². The molecule has 0 amide bonds. The first-order valence-corrected chi connectivity index (χ1v) is 13.6. The van der Waals surface area contributed by atoms with Crippen molar-refractivity contribution in [1.29, 1.82) is 0 Å². The summed E-state index contributed by atoms with van der Waals surface area (Å²) in [5.41, 5.74) is 6.01. The lowest BCUT2D eigenvalue weighted by Gasteiger charge is -2.37. The quantitative estimate of drug-likeness (QED) is 0.164. The molecule has 1 saturated heterocycles. The molecule has 0 saturated carbocycles. The number of hydrogen-bond acceptors (Lipinski definition) is 5. The smallest absolute Gasteiger partial charge is 0.323 e. The summed E-state index contributed by atoms with van der Waals surface area (Å²) in [6.45, 7) is 8.30. The van der Waals surface area contributed by atoms with Crippen LogP contribution in [0.1, 0.15) is 130 Å². The van der Waals surface area contributed by atoms with Crippen LogP contribution in [-0.2, 0) is 19.1 Å². The molecule has 0 aromatic rings. The molecule has 0 aliphatic carbocycles. The summed E-state index contributed by atoms with van der Waals surface area (Å²) in [5.74, 6) is -0.400. The molecule has 0 aromatic carbocycles. The second-order valence-electron chi connectivity index (χ2n) is 10.1. The average molecular weight is 454 g/mol. The SMILES string of the molecule is CCCCCCCCCCC[C@@H](C[C@@H]1OC(=O)[C@H]1CCCCCC)OC(=O)[C@@H](N)C(C)C. The minimum absolute atomic E-state index is 0.0325. The Hall–Kier alpha value is -1.10. The Bertz CT molecular complexity index is 508. The van der Waals surface area contributed by atoms with Gasteiger partial charge in [0.15, 0.2) is 0 Å². The number of carbonyl (C=O) groups is 2. The van der Waals surface area contributed by atoms with Crippen LogP contribution in [0, 0.1) is 11.8 Å². The van der Waals surface area contributed by atoms with E-state index in [4.69, 9.17) is 15.2 Å². The first-order valence-electron chi connectivity index (χ1n) is 13.6. The van der Waals surface area contributed by atoms with Crippen LogP contribution in [0.4, 0.5) is 0 Å². The van der Waals surface area contributed by atoms with E-state index >= 15 is 0 Å². The van der Waals surface area contributed by atoms with Crippen molar-refractivity contribution in [1.82, 2.24) is 0 Å². The maximum atomic E-state index is 12.5. The predicted octanol–water partition coefficient (Wildman–Crippen LogP) is 6.70. The molecule has 0 bridgehead atoms. The van der Waals surface area contributed by atoms with Crippen molar-refractivity contribution >= 4 is 11.9 Å². The zero-order valence-corrected chi connectivity index (χ0v) is 21.4. The van der Waals surface area contributed by atoms with Crippen LogP contribution >= 0.6 is 0 Å². The normalized spacial score (nSPS) is 20.0. The number of unbranched alkanes of at least 4 members (excludes halogenated alkanes) is 11. The standard InChI is InChI=1S/C27H51NO4/c1-5-7-9-11-12-13-14-15-16-18-22(31-27(30)25(28)21(3)4)20-24-23(26(29)32-24)19-17-10-8-6-2/h21-25H,5-20,28H2,1-4H3/t22-,23-,24-,25-/m0/s1. The van der Waals surface area contributed by atoms with Crippen LogP contribution < -0.4 is 5.73 Å². The van der Waals surface area contributed by atoms with Gasteiger partial charge in [-0.05, 0) is 25.2 Å². The van der Waals surface area contributed by atoms with E-state index in [1.807, 2.05) is 13.8 Å². The average Bonchev–Trinajstić information content (AvgIpc) is 2.76. The van der Waals surface area contributed by atoms with E-state index in [1.165, 1.54) is 57.8 Å². The van der Waals surface area contributed by atoms with E-state index in [9.17, 15) is 9.59 Å². The zero-order chi connectivity index (χ0) is 23.8. The van der Waals surface area contributed by atoms with Crippen LogP contribution in [0.5, 0.6) is 0 Å². The molecule has 1 heterocycles. The monoisotopic (exact) mass is 453 g/mol. The summed E-state index contributed by atoms with van der Waals surface area (Å²) in [7, 11) is 0. The number of nitrogens with two attached hydrogens (primary N) is 1. The minimum Gasteiger partial charge on any atom is -0.461 e. The first kappa shape index (κ1) is 28.9. The van der Waals surface area contributed by atoms with Crippen LogP contribution in [0.15, 0.2) is 0 Å². The van der Waals surface area contributed by atoms with Gasteiger partial charge in [-0.2, -0.15) is 0 Å². The summed E-state index contributed by atoms with van der Waals surface area (Å²) in [6, 6.07) is -0.602. The van der Waals surface area contributed by atoms with Crippen molar-refractivity contribution in [2.75, 3.05) is 0 Å². The molecule has 2 N–H and O–H groups in total. The molecule has 1 rings (SSSR count). The van der Waals surface area contributed by atoms with Gasteiger partial charge in [0.2, 0.25) is 0 Å². The highest BCUT2D eigenvalue weighted by Gasteiger charge is 2.43. The zero-order valence-electron chi connectivity index (χ0n) is 21.4. The molecule has 188 valence electrons. The van der Waals surface area contributed by atoms with Gasteiger partial charge in [-0.3, -0.25) is 9.59 Å². The van der Waals surface area contributed by atoms with Gasteiger partial charge in [-0.15, -0.1) is 0 Å². The molecule has 5 nitrogen and oxygen atoms in total. The van der Waals surface area contributed by atoms with Gasteiger partial charge in [0, 0.05) is 6.42 Å². The second kappa shape index (κ2) is 17.4. The third kappa shape index (κ3) is 11.7. The van der Waals surface area contributed by atoms with Crippen molar-refractivity contribution in [3.05, 3.63) is 0 Å². The molecule has 0 aromatic heterocycles. The number of rotatable bonds is 20. The Balaban J connectivity index is 2.45. The topological polar surface area (TPSA) is 78.6 Å². The molecular weight excluding hydrogens is 402 g/mol. The summed E-state index contributed by atoms with van der Waals surface area (Å²) >= 11 is 0. The summed E-state index contributed by atoms with van der Waals surface area (Å²) < 4.78 is 11.3. The van der Waals surface area contributed by atoms with Gasteiger partial charge in [0.05, 0.1) is 5.92 Å². The highest BCUT2D eigenvalue weighted by molar-refractivity contribution is 5.78. The van der Waals surface area contributed by atoms with Crippen molar-refractivity contribution in [3.8, 4) is 0 Å². The molecule has 1 aliphatic heterocycles. The number of carbonyl (C=O) groups excluding carboxylic acids is 2. The number of ether oxygens (including phenoxy) is 2. The fourth-order valence-corrected chi connectivity index (χ4v) is 4.39. The van der Waals surface area contributed by atoms with Crippen LogP contribution in [0.3, 0.4) is 0 Å². The van der Waals surface area contributed by atoms with Gasteiger partial charge in [0.25, 0.3) is 0 Å². The number of cyclic esters (lactones) is 1. The Morgan fingerprint density at radius 1 is 0.906 bits per heavy atom. The molecule has 5 heteroatoms. The lowest BCUT2D eigenvalue weighted by molar-refractivity contribution is -0.190. The Labute approximate surface area is 197 Å². The van der Waals surface area contributed by atoms with E-state index in [1.54, 1.807) is 0 Å². The summed E-state index contributed by atoms with van der Waals surface area (Å²) in [5, 5.41) is 0. The fourth-order valence-electron chi connectivity index (χ4n) is 4.39. The van der Waals surface area contributed by atoms with Crippen LogP contribution in [0.25, 0.3) is 0 Å². The van der Waals surface area contributed by atoms with Crippen LogP contribution in [-0.4, -0.2) is 30.2 Å². The molecule has 32 heavy (non-hydrogen) atoms. The number of hydrogen-bond donors (Lipinski definition) is 1. The van der Waals surface area contributed by atoms with Gasteiger partial charge < -0.3 is 15.2 Å².